The van der Waals surface area contributed by atoms with Crippen LogP contribution in [0.2, 0.25) is 0 Å². The first-order valence-electron chi connectivity index (χ1n) is 8.01. The summed E-state index contributed by atoms with van der Waals surface area (Å²) in [5, 5.41) is 0. The van der Waals surface area contributed by atoms with E-state index < -0.39 is 5.60 Å². The third-order valence-corrected chi connectivity index (χ3v) is 5.34. The number of amides is 1. The maximum atomic E-state index is 12.4. The fraction of sp³-hybridized carbons (Fsp3) is 0.562. The van der Waals surface area contributed by atoms with Crippen molar-refractivity contribution in [3.63, 3.8) is 0 Å². The molecule has 1 N–H and O–H groups in total. The molecule has 0 aliphatic carbocycles. The number of nitrogens with zero attached hydrogens (tertiary/aromatic N) is 3. The summed E-state index contributed by atoms with van der Waals surface area (Å²) in [7, 11) is 0. The number of fused-ring (bicyclic) bond motifs is 1. The lowest BCUT2D eigenvalue weighted by Crippen LogP contribution is -2.35. The van der Waals surface area contributed by atoms with E-state index in [0.29, 0.717) is 27.9 Å². The molecule has 1 amide bonds. The summed E-state index contributed by atoms with van der Waals surface area (Å²) < 4.78 is 8.21. The zero-order valence-corrected chi connectivity index (χ0v) is 17.6. The van der Waals surface area contributed by atoms with Crippen LogP contribution in [0.25, 0.3) is 5.52 Å². The van der Waals surface area contributed by atoms with Gasteiger partial charge in [0.2, 0.25) is 0 Å². The lowest BCUT2D eigenvalue weighted by atomic mass is 9.95. The first-order valence-corrected chi connectivity index (χ1v) is 9.59. The van der Waals surface area contributed by atoms with Gasteiger partial charge in [-0.2, -0.15) is 0 Å². The highest BCUT2D eigenvalue weighted by atomic mass is 79.9. The van der Waals surface area contributed by atoms with Gasteiger partial charge in [0, 0.05) is 30.9 Å². The topological polar surface area (TPSA) is 79.7 Å². The van der Waals surface area contributed by atoms with Crippen LogP contribution in [0.3, 0.4) is 0 Å². The van der Waals surface area contributed by atoms with E-state index in [0.717, 1.165) is 5.69 Å². The molecule has 2 unspecified atom stereocenters. The van der Waals surface area contributed by atoms with Gasteiger partial charge in [0.05, 0.1) is 0 Å². The van der Waals surface area contributed by atoms with Gasteiger partial charge < -0.3 is 14.6 Å². The number of imidazole rings is 1. The highest BCUT2D eigenvalue weighted by molar-refractivity contribution is 9.11. The molecule has 3 rings (SSSR count). The van der Waals surface area contributed by atoms with Crippen molar-refractivity contribution in [1.29, 1.82) is 0 Å². The molecule has 0 saturated carbocycles. The summed E-state index contributed by atoms with van der Waals surface area (Å²) in [4.78, 5) is 33.6. The first-order chi connectivity index (χ1) is 11.6. The Balaban J connectivity index is 1.90. The summed E-state index contributed by atoms with van der Waals surface area (Å²) in [6.07, 6.45) is 1.54. The molecule has 0 bridgehead atoms. The van der Waals surface area contributed by atoms with Crippen molar-refractivity contribution < 1.29 is 9.53 Å². The van der Waals surface area contributed by atoms with Gasteiger partial charge in [-0.05, 0) is 58.5 Å². The third kappa shape index (κ3) is 3.62. The van der Waals surface area contributed by atoms with Crippen LogP contribution >= 0.6 is 31.9 Å². The molecule has 0 aromatic carbocycles. The molecule has 1 fully saturated rings. The lowest BCUT2D eigenvalue weighted by Gasteiger charge is -2.24. The van der Waals surface area contributed by atoms with E-state index in [1.165, 1.54) is 0 Å². The molecular weight excluding hydrogens is 456 g/mol. The van der Waals surface area contributed by atoms with E-state index in [4.69, 9.17) is 4.74 Å². The van der Waals surface area contributed by atoms with E-state index in [9.17, 15) is 9.59 Å². The van der Waals surface area contributed by atoms with Crippen molar-refractivity contribution in [2.75, 3.05) is 13.1 Å². The van der Waals surface area contributed by atoms with Crippen molar-refractivity contribution in [3.8, 4) is 0 Å². The van der Waals surface area contributed by atoms with Crippen molar-refractivity contribution in [1.82, 2.24) is 19.3 Å². The Labute approximate surface area is 162 Å². The fourth-order valence-corrected chi connectivity index (χ4v) is 4.33. The number of H-pyrrole nitrogens is 1. The van der Waals surface area contributed by atoms with E-state index in [1.807, 2.05) is 27.0 Å². The van der Waals surface area contributed by atoms with Crippen LogP contribution < -0.4 is 5.56 Å². The largest absolute Gasteiger partial charge is 0.444 e. The zero-order chi connectivity index (χ0) is 18.5. The second-order valence-corrected chi connectivity index (χ2v) is 8.86. The molecular formula is C16H20Br2N4O3. The molecule has 2 aromatic rings. The zero-order valence-electron chi connectivity index (χ0n) is 14.5. The number of rotatable bonds is 1. The van der Waals surface area contributed by atoms with Crippen LogP contribution in [0.1, 0.15) is 39.3 Å². The molecule has 1 saturated heterocycles. The number of carbonyl (C=O) groups excluding carboxylic acids is 1. The van der Waals surface area contributed by atoms with Crippen LogP contribution in [-0.2, 0) is 4.74 Å². The lowest BCUT2D eigenvalue weighted by molar-refractivity contribution is 0.0287. The van der Waals surface area contributed by atoms with Crippen LogP contribution in [0.4, 0.5) is 4.79 Å². The number of aromatic nitrogens is 3. The summed E-state index contributed by atoms with van der Waals surface area (Å²) in [5.41, 5.74) is 0.483. The molecule has 9 heteroatoms. The summed E-state index contributed by atoms with van der Waals surface area (Å²) >= 11 is 6.66. The minimum Gasteiger partial charge on any atom is -0.444 e. The Hall–Kier alpha value is -1.35. The predicted octanol–water partition coefficient (Wildman–Crippen LogP) is 3.52. The van der Waals surface area contributed by atoms with Crippen LogP contribution in [0.15, 0.2) is 20.3 Å². The average molecular weight is 476 g/mol. The molecule has 25 heavy (non-hydrogen) atoms. The van der Waals surface area contributed by atoms with Gasteiger partial charge in [0.25, 0.3) is 5.56 Å². The Morgan fingerprint density at radius 2 is 2.04 bits per heavy atom. The minimum atomic E-state index is -0.528. The van der Waals surface area contributed by atoms with Crippen molar-refractivity contribution >= 4 is 43.5 Å². The number of carbonyl (C=O) groups is 1. The standard InChI is InChI=1S/C16H20Br2N4O3/c1-8-5-21(15(24)25-16(2,3)4)6-9(8)10-7-22-11(13(23)19-10)12(17)20-14(22)18/h7-9H,5-6H2,1-4H3,(H,19,23). The van der Waals surface area contributed by atoms with Gasteiger partial charge in [-0.3, -0.25) is 9.20 Å². The monoisotopic (exact) mass is 474 g/mol. The highest BCUT2D eigenvalue weighted by Crippen LogP contribution is 2.32. The average Bonchev–Trinajstić information content (AvgIpc) is 2.98. The maximum absolute atomic E-state index is 12.4. The molecule has 2 atom stereocenters. The molecule has 0 radical (unpaired) electrons. The van der Waals surface area contributed by atoms with Gasteiger partial charge in [0.1, 0.15) is 15.7 Å². The molecule has 3 heterocycles. The van der Waals surface area contributed by atoms with Gasteiger partial charge >= 0.3 is 6.09 Å². The number of hydrogen-bond acceptors (Lipinski definition) is 4. The van der Waals surface area contributed by atoms with Crippen LogP contribution in [-0.4, -0.2) is 44.1 Å². The Kier molecular flexibility index (Phi) is 4.74. The van der Waals surface area contributed by atoms with Crippen molar-refractivity contribution in [2.24, 2.45) is 5.92 Å². The highest BCUT2D eigenvalue weighted by Gasteiger charge is 2.36. The minimum absolute atomic E-state index is 0.0256. The van der Waals surface area contributed by atoms with Crippen molar-refractivity contribution in [3.05, 3.63) is 31.6 Å². The van der Waals surface area contributed by atoms with Crippen LogP contribution in [0.5, 0.6) is 0 Å². The smallest absolute Gasteiger partial charge is 0.410 e. The SMILES string of the molecule is CC1CN(C(=O)OC(C)(C)C)CC1c1cn2c(Br)nc(Br)c2c(=O)[nH]1. The number of likely N-dealkylation sites (tertiary alicyclic amines) is 1. The number of nitrogens with one attached hydrogen (secondary N) is 1. The second kappa shape index (κ2) is 6.42. The molecule has 1 aliphatic heterocycles. The Bertz CT molecular complexity index is 884. The number of hydrogen-bond donors (Lipinski definition) is 1. The second-order valence-electron chi connectivity index (χ2n) is 7.40. The predicted molar refractivity (Wildman–Crippen MR) is 101 cm³/mol. The van der Waals surface area contributed by atoms with Crippen LogP contribution in [0, 0.1) is 5.92 Å². The third-order valence-electron chi connectivity index (χ3n) is 4.23. The van der Waals surface area contributed by atoms with Gasteiger partial charge in [-0.25, -0.2) is 9.78 Å². The van der Waals surface area contributed by atoms with E-state index in [2.05, 4.69) is 48.8 Å². The van der Waals surface area contributed by atoms with Gasteiger partial charge in [-0.1, -0.05) is 6.92 Å². The number of aromatic amines is 1. The Morgan fingerprint density at radius 3 is 2.68 bits per heavy atom. The quantitative estimate of drug-likeness (QED) is 0.684. The fourth-order valence-electron chi connectivity index (χ4n) is 3.10. The van der Waals surface area contributed by atoms with E-state index in [-0.39, 0.29) is 23.5 Å². The van der Waals surface area contributed by atoms with Crippen molar-refractivity contribution in [2.45, 2.75) is 39.2 Å². The molecule has 2 aromatic heterocycles. The summed E-state index contributed by atoms with van der Waals surface area (Å²) in [5.74, 6) is 0.226. The molecule has 136 valence electrons. The van der Waals surface area contributed by atoms with Gasteiger partial charge in [-0.15, -0.1) is 0 Å². The number of ether oxygens (including phenoxy) is 1. The normalized spacial score (nSPS) is 21.1. The Morgan fingerprint density at radius 1 is 1.36 bits per heavy atom. The van der Waals surface area contributed by atoms with E-state index in [1.54, 1.807) is 9.30 Å². The first kappa shape index (κ1) is 18.4. The summed E-state index contributed by atoms with van der Waals surface area (Å²) in [6, 6.07) is 0. The molecule has 1 aliphatic rings. The maximum Gasteiger partial charge on any atom is 0.410 e. The molecule has 7 nitrogen and oxygen atoms in total. The van der Waals surface area contributed by atoms with Gasteiger partial charge in [0.15, 0.2) is 4.73 Å². The summed E-state index contributed by atoms with van der Waals surface area (Å²) in [6.45, 7) is 8.71. The van der Waals surface area contributed by atoms with E-state index >= 15 is 0 Å². The molecule has 0 spiro atoms. The number of halogens is 2.